The predicted molar refractivity (Wildman–Crippen MR) is 101 cm³/mol. The van der Waals surface area contributed by atoms with E-state index >= 15 is 0 Å². The molecular formula is C19H28N6. The molecule has 1 saturated carbocycles. The monoisotopic (exact) mass is 340 g/mol. The van der Waals surface area contributed by atoms with Gasteiger partial charge in [0.15, 0.2) is 5.96 Å². The molecule has 0 radical (unpaired) electrons. The van der Waals surface area contributed by atoms with Gasteiger partial charge in [-0.15, -0.1) is 10.2 Å². The SMILES string of the molecule is CCc1nncn1CCNC(=NC)NCC1(c2ccccc2)CCC1. The average molecular weight is 340 g/mol. The van der Waals surface area contributed by atoms with Crippen molar-refractivity contribution in [2.75, 3.05) is 20.1 Å². The number of nitrogens with zero attached hydrogens (tertiary/aromatic N) is 4. The fraction of sp³-hybridized carbons (Fsp3) is 0.526. The summed E-state index contributed by atoms with van der Waals surface area (Å²) in [5.74, 6) is 1.87. The quantitative estimate of drug-likeness (QED) is 0.598. The Labute approximate surface area is 149 Å². The normalized spacial score (nSPS) is 16.3. The molecule has 1 heterocycles. The molecule has 0 aliphatic heterocycles. The van der Waals surface area contributed by atoms with E-state index in [0.29, 0.717) is 0 Å². The smallest absolute Gasteiger partial charge is 0.191 e. The van der Waals surface area contributed by atoms with Crippen LogP contribution in [0.5, 0.6) is 0 Å². The van der Waals surface area contributed by atoms with E-state index in [2.05, 4.69) is 67.6 Å². The molecule has 2 N–H and O–H groups in total. The van der Waals surface area contributed by atoms with Gasteiger partial charge < -0.3 is 15.2 Å². The predicted octanol–water partition coefficient (Wildman–Crippen LogP) is 2.13. The Morgan fingerprint density at radius 3 is 2.68 bits per heavy atom. The minimum absolute atomic E-state index is 0.253. The number of rotatable bonds is 7. The zero-order chi connectivity index (χ0) is 17.5. The van der Waals surface area contributed by atoms with Crippen molar-refractivity contribution in [3.8, 4) is 0 Å². The third-order valence-electron chi connectivity index (χ3n) is 5.17. The molecule has 3 rings (SSSR count). The van der Waals surface area contributed by atoms with E-state index in [1.54, 1.807) is 6.33 Å². The summed E-state index contributed by atoms with van der Waals surface area (Å²) in [7, 11) is 1.82. The molecule has 6 nitrogen and oxygen atoms in total. The van der Waals surface area contributed by atoms with E-state index in [-0.39, 0.29) is 5.41 Å². The van der Waals surface area contributed by atoms with Gasteiger partial charge in [0.25, 0.3) is 0 Å². The van der Waals surface area contributed by atoms with E-state index in [4.69, 9.17) is 0 Å². The molecule has 134 valence electrons. The Balaban J connectivity index is 1.51. The lowest BCUT2D eigenvalue weighted by Gasteiger charge is -2.43. The average Bonchev–Trinajstić information content (AvgIpc) is 3.07. The molecule has 1 aliphatic carbocycles. The molecule has 0 spiro atoms. The van der Waals surface area contributed by atoms with Gasteiger partial charge in [-0.2, -0.15) is 0 Å². The van der Waals surface area contributed by atoms with Gasteiger partial charge in [0.05, 0.1) is 0 Å². The highest BCUT2D eigenvalue weighted by Crippen LogP contribution is 2.43. The lowest BCUT2D eigenvalue weighted by atomic mass is 9.64. The number of benzene rings is 1. The molecule has 6 heteroatoms. The van der Waals surface area contributed by atoms with Crippen LogP contribution in [-0.2, 0) is 18.4 Å². The van der Waals surface area contributed by atoms with Crippen molar-refractivity contribution < 1.29 is 0 Å². The summed E-state index contributed by atoms with van der Waals surface area (Å²) in [6.07, 6.45) is 6.46. The van der Waals surface area contributed by atoms with Crippen LogP contribution < -0.4 is 10.6 Å². The maximum Gasteiger partial charge on any atom is 0.191 e. The van der Waals surface area contributed by atoms with Crippen molar-refractivity contribution in [3.05, 3.63) is 48.0 Å². The number of aromatic nitrogens is 3. The van der Waals surface area contributed by atoms with Gasteiger partial charge in [-0.1, -0.05) is 43.7 Å². The largest absolute Gasteiger partial charge is 0.356 e. The summed E-state index contributed by atoms with van der Waals surface area (Å²) < 4.78 is 2.08. The molecular weight excluding hydrogens is 312 g/mol. The number of hydrogen-bond acceptors (Lipinski definition) is 3. The second-order valence-electron chi connectivity index (χ2n) is 6.65. The van der Waals surface area contributed by atoms with Crippen LogP contribution in [0.4, 0.5) is 0 Å². The lowest BCUT2D eigenvalue weighted by molar-refractivity contribution is 0.244. The molecule has 1 aromatic carbocycles. The number of guanidine groups is 1. The Hall–Kier alpha value is -2.37. The van der Waals surface area contributed by atoms with Crippen molar-refractivity contribution in [1.82, 2.24) is 25.4 Å². The van der Waals surface area contributed by atoms with Crippen LogP contribution in [0.15, 0.2) is 41.7 Å². The first kappa shape index (κ1) is 17.5. The Bertz CT molecular complexity index is 687. The third kappa shape index (κ3) is 4.00. The van der Waals surface area contributed by atoms with Crippen LogP contribution in [0.25, 0.3) is 0 Å². The van der Waals surface area contributed by atoms with Gasteiger partial charge in [-0.05, 0) is 18.4 Å². The van der Waals surface area contributed by atoms with E-state index in [1.165, 1.54) is 24.8 Å². The number of aryl methyl sites for hydroxylation is 1. The minimum Gasteiger partial charge on any atom is -0.356 e. The van der Waals surface area contributed by atoms with Gasteiger partial charge in [-0.25, -0.2) is 0 Å². The molecule has 2 aromatic rings. The standard InChI is InChI=1S/C19H28N6/c1-3-17-24-23-15-25(17)13-12-21-18(20-2)22-14-19(10-7-11-19)16-8-5-4-6-9-16/h4-6,8-9,15H,3,7,10-14H2,1-2H3,(H2,20,21,22). The molecule has 0 unspecified atom stereocenters. The lowest BCUT2D eigenvalue weighted by Crippen LogP contribution is -2.49. The maximum absolute atomic E-state index is 4.36. The molecule has 0 saturated heterocycles. The number of nitrogens with one attached hydrogen (secondary N) is 2. The van der Waals surface area contributed by atoms with Crippen molar-refractivity contribution in [3.63, 3.8) is 0 Å². The van der Waals surface area contributed by atoms with Crippen LogP contribution in [-0.4, -0.2) is 40.9 Å². The molecule has 1 aromatic heterocycles. The second kappa shape index (κ2) is 8.14. The van der Waals surface area contributed by atoms with E-state index in [0.717, 1.165) is 37.8 Å². The summed E-state index contributed by atoms with van der Waals surface area (Å²) in [6, 6.07) is 10.8. The van der Waals surface area contributed by atoms with Crippen LogP contribution in [0.1, 0.15) is 37.6 Å². The highest BCUT2D eigenvalue weighted by Gasteiger charge is 2.38. The van der Waals surface area contributed by atoms with Crippen LogP contribution >= 0.6 is 0 Å². The molecule has 1 aliphatic rings. The van der Waals surface area contributed by atoms with E-state index in [9.17, 15) is 0 Å². The van der Waals surface area contributed by atoms with Gasteiger partial charge in [0.1, 0.15) is 12.2 Å². The minimum atomic E-state index is 0.253. The van der Waals surface area contributed by atoms with Crippen molar-refractivity contribution in [1.29, 1.82) is 0 Å². The Morgan fingerprint density at radius 1 is 1.24 bits per heavy atom. The van der Waals surface area contributed by atoms with Crippen LogP contribution in [0, 0.1) is 0 Å². The third-order valence-corrected chi connectivity index (χ3v) is 5.17. The van der Waals surface area contributed by atoms with Crippen molar-refractivity contribution in [2.24, 2.45) is 4.99 Å². The summed E-state index contributed by atoms with van der Waals surface area (Å²) in [4.78, 5) is 4.36. The molecule has 25 heavy (non-hydrogen) atoms. The summed E-state index contributed by atoms with van der Waals surface area (Å²) in [6.45, 7) is 4.64. The van der Waals surface area contributed by atoms with E-state index < -0.39 is 0 Å². The Kier molecular flexibility index (Phi) is 5.68. The van der Waals surface area contributed by atoms with Gasteiger partial charge >= 0.3 is 0 Å². The van der Waals surface area contributed by atoms with Crippen LogP contribution in [0.3, 0.4) is 0 Å². The fourth-order valence-corrected chi connectivity index (χ4v) is 3.47. The zero-order valence-electron chi connectivity index (χ0n) is 15.2. The summed E-state index contributed by atoms with van der Waals surface area (Å²) in [5.41, 5.74) is 1.68. The molecule has 1 fully saturated rings. The zero-order valence-corrected chi connectivity index (χ0v) is 15.2. The number of aliphatic imine (C=N–C) groups is 1. The topological polar surface area (TPSA) is 67.1 Å². The summed E-state index contributed by atoms with van der Waals surface area (Å²) in [5, 5.41) is 15.0. The van der Waals surface area contributed by atoms with Gasteiger partial charge in [-0.3, -0.25) is 4.99 Å². The molecule has 0 atom stereocenters. The highest BCUT2D eigenvalue weighted by atomic mass is 15.3. The van der Waals surface area contributed by atoms with Gasteiger partial charge in [0, 0.05) is 38.5 Å². The van der Waals surface area contributed by atoms with Crippen LogP contribution in [0.2, 0.25) is 0 Å². The van der Waals surface area contributed by atoms with Crippen molar-refractivity contribution in [2.45, 2.75) is 44.6 Å². The summed E-state index contributed by atoms with van der Waals surface area (Å²) >= 11 is 0. The van der Waals surface area contributed by atoms with Gasteiger partial charge in [0.2, 0.25) is 0 Å². The van der Waals surface area contributed by atoms with E-state index in [1.807, 2.05) is 7.05 Å². The first-order chi connectivity index (χ1) is 12.3. The van der Waals surface area contributed by atoms with Crippen molar-refractivity contribution >= 4 is 5.96 Å². The first-order valence-corrected chi connectivity index (χ1v) is 9.14. The Morgan fingerprint density at radius 2 is 2.04 bits per heavy atom. The second-order valence-corrected chi connectivity index (χ2v) is 6.65. The first-order valence-electron chi connectivity index (χ1n) is 9.14. The molecule has 0 bridgehead atoms. The maximum atomic E-state index is 4.36. The number of hydrogen-bond donors (Lipinski definition) is 2. The molecule has 0 amide bonds. The fourth-order valence-electron chi connectivity index (χ4n) is 3.47. The highest BCUT2D eigenvalue weighted by molar-refractivity contribution is 5.79.